The molecule has 3 aromatic rings. The van der Waals surface area contributed by atoms with Gasteiger partial charge in [0.15, 0.2) is 5.78 Å². The Morgan fingerprint density at radius 3 is 2.82 bits per heavy atom. The summed E-state index contributed by atoms with van der Waals surface area (Å²) in [5.41, 5.74) is 1.40. The van der Waals surface area contributed by atoms with E-state index in [0.717, 1.165) is 16.3 Å². The molecule has 0 aliphatic carbocycles. The molecule has 0 N–H and O–H groups in total. The van der Waals surface area contributed by atoms with Crippen molar-refractivity contribution in [1.29, 1.82) is 0 Å². The molecule has 0 fully saturated rings. The van der Waals surface area contributed by atoms with Crippen LogP contribution in [0.1, 0.15) is 15.9 Å². The molecule has 0 bridgehead atoms. The third kappa shape index (κ3) is 1.74. The Hall–Kier alpha value is -2.00. The van der Waals surface area contributed by atoms with Gasteiger partial charge in [-0.15, -0.1) is 0 Å². The van der Waals surface area contributed by atoms with E-state index in [1.54, 1.807) is 12.4 Å². The van der Waals surface area contributed by atoms with Gasteiger partial charge in [-0.25, -0.2) is 0 Å². The predicted octanol–water partition coefficient (Wildman–Crippen LogP) is 3.53. The second kappa shape index (κ2) is 4.11. The lowest BCUT2D eigenvalue weighted by Crippen LogP contribution is -2.01. The van der Waals surface area contributed by atoms with Crippen LogP contribution in [0.5, 0.6) is 0 Å². The number of benzene rings is 1. The van der Waals surface area contributed by atoms with Crippen LogP contribution in [-0.4, -0.2) is 10.8 Å². The van der Waals surface area contributed by atoms with Gasteiger partial charge in [-0.3, -0.25) is 9.78 Å². The highest BCUT2D eigenvalue weighted by atomic mass is 32.1. The van der Waals surface area contributed by atoms with Crippen LogP contribution in [0, 0.1) is 0 Å². The van der Waals surface area contributed by atoms with Crippen molar-refractivity contribution in [2.24, 2.45) is 0 Å². The molecule has 3 rings (SSSR count). The van der Waals surface area contributed by atoms with Crippen molar-refractivity contribution in [1.82, 2.24) is 4.98 Å². The maximum Gasteiger partial charge on any atom is 0.196 e. The van der Waals surface area contributed by atoms with E-state index < -0.39 is 0 Å². The molecule has 0 atom stereocenters. The van der Waals surface area contributed by atoms with Crippen molar-refractivity contribution in [3.8, 4) is 0 Å². The number of hydrogen-bond donors (Lipinski definition) is 0. The molecule has 0 saturated heterocycles. The minimum absolute atomic E-state index is 0.0375. The first-order chi connectivity index (χ1) is 8.36. The molecule has 2 aromatic heterocycles. The van der Waals surface area contributed by atoms with E-state index >= 15 is 0 Å². The Labute approximate surface area is 103 Å². The fraction of sp³-hybridized carbons (Fsp3) is 0. The summed E-state index contributed by atoms with van der Waals surface area (Å²) in [5, 5.41) is 5.72. The molecular formula is C14H9NOS. The molecule has 2 nitrogen and oxygen atoms in total. The van der Waals surface area contributed by atoms with Crippen molar-refractivity contribution in [3.63, 3.8) is 0 Å². The maximum atomic E-state index is 12.3. The Balaban J connectivity index is 2.21. The second-order valence-electron chi connectivity index (χ2n) is 3.75. The van der Waals surface area contributed by atoms with Gasteiger partial charge in [-0.05, 0) is 16.8 Å². The summed E-state index contributed by atoms with van der Waals surface area (Å²) in [6.45, 7) is 0. The molecule has 3 heteroatoms. The SMILES string of the molecule is O=C(c1ccsc1)c1cncc2ccccc12. The Morgan fingerprint density at radius 1 is 1.12 bits per heavy atom. The minimum Gasteiger partial charge on any atom is -0.288 e. The first kappa shape index (κ1) is 10.2. The largest absolute Gasteiger partial charge is 0.288 e. The van der Waals surface area contributed by atoms with Gasteiger partial charge in [0, 0.05) is 34.3 Å². The number of fused-ring (bicyclic) bond motifs is 1. The van der Waals surface area contributed by atoms with Gasteiger partial charge in [0.25, 0.3) is 0 Å². The van der Waals surface area contributed by atoms with Crippen LogP contribution in [0.25, 0.3) is 10.8 Å². The standard InChI is InChI=1S/C14H9NOS/c16-14(11-5-6-17-9-11)13-8-15-7-10-3-1-2-4-12(10)13/h1-9H. The molecule has 0 aliphatic rings. The van der Waals surface area contributed by atoms with Crippen molar-refractivity contribution >= 4 is 27.9 Å². The second-order valence-corrected chi connectivity index (χ2v) is 4.53. The summed E-state index contributed by atoms with van der Waals surface area (Å²) in [5.74, 6) is 0.0375. The first-order valence-corrected chi connectivity index (χ1v) is 6.20. The van der Waals surface area contributed by atoms with E-state index in [1.165, 1.54) is 11.3 Å². The van der Waals surface area contributed by atoms with Gasteiger partial charge in [0.05, 0.1) is 0 Å². The van der Waals surface area contributed by atoms with Gasteiger partial charge in [0.1, 0.15) is 0 Å². The zero-order chi connectivity index (χ0) is 11.7. The van der Waals surface area contributed by atoms with Crippen molar-refractivity contribution in [3.05, 3.63) is 64.6 Å². The zero-order valence-corrected chi connectivity index (χ0v) is 9.78. The number of pyridine rings is 1. The predicted molar refractivity (Wildman–Crippen MR) is 69.5 cm³/mol. The number of rotatable bonds is 2. The van der Waals surface area contributed by atoms with Crippen LogP contribution in [-0.2, 0) is 0 Å². The molecule has 0 radical (unpaired) electrons. The first-order valence-electron chi connectivity index (χ1n) is 5.26. The van der Waals surface area contributed by atoms with Crippen LogP contribution in [0.15, 0.2) is 53.5 Å². The lowest BCUT2D eigenvalue weighted by molar-refractivity contribution is 0.104. The van der Waals surface area contributed by atoms with Gasteiger partial charge in [-0.2, -0.15) is 11.3 Å². The number of aromatic nitrogens is 1. The molecule has 82 valence electrons. The molecule has 0 spiro atoms. The quantitative estimate of drug-likeness (QED) is 0.640. The number of thiophene rings is 1. The van der Waals surface area contributed by atoms with Crippen LogP contribution in [0.3, 0.4) is 0 Å². The lowest BCUT2D eigenvalue weighted by atomic mass is 10.0. The normalized spacial score (nSPS) is 10.6. The summed E-state index contributed by atoms with van der Waals surface area (Å²) in [6.07, 6.45) is 3.42. The summed E-state index contributed by atoms with van der Waals surface area (Å²) >= 11 is 1.53. The van der Waals surface area contributed by atoms with Crippen LogP contribution in [0.4, 0.5) is 0 Å². The molecule has 1 aromatic carbocycles. The van der Waals surface area contributed by atoms with Gasteiger partial charge in [-0.1, -0.05) is 24.3 Å². The number of carbonyl (C=O) groups is 1. The van der Waals surface area contributed by atoms with Crippen LogP contribution < -0.4 is 0 Å². The summed E-state index contributed by atoms with van der Waals surface area (Å²) < 4.78 is 0. The molecule has 0 unspecified atom stereocenters. The highest BCUT2D eigenvalue weighted by molar-refractivity contribution is 7.08. The van der Waals surface area contributed by atoms with E-state index in [2.05, 4.69) is 4.98 Å². The average molecular weight is 239 g/mol. The molecule has 17 heavy (non-hydrogen) atoms. The van der Waals surface area contributed by atoms with Gasteiger partial charge in [0.2, 0.25) is 0 Å². The maximum absolute atomic E-state index is 12.3. The minimum atomic E-state index is 0.0375. The van der Waals surface area contributed by atoms with Crippen molar-refractivity contribution in [2.45, 2.75) is 0 Å². The monoisotopic (exact) mass is 239 g/mol. The topological polar surface area (TPSA) is 30.0 Å². The third-order valence-corrected chi connectivity index (χ3v) is 3.38. The smallest absolute Gasteiger partial charge is 0.196 e. The highest BCUT2D eigenvalue weighted by Crippen LogP contribution is 2.20. The average Bonchev–Trinajstić information content (AvgIpc) is 2.91. The number of carbonyl (C=O) groups excluding carboxylic acids is 1. The van der Waals surface area contributed by atoms with E-state index in [1.807, 2.05) is 41.1 Å². The fourth-order valence-electron chi connectivity index (χ4n) is 1.85. The van der Waals surface area contributed by atoms with E-state index in [4.69, 9.17) is 0 Å². The number of nitrogens with zero attached hydrogens (tertiary/aromatic N) is 1. The van der Waals surface area contributed by atoms with E-state index in [9.17, 15) is 4.79 Å². The molecule has 2 heterocycles. The zero-order valence-electron chi connectivity index (χ0n) is 8.96. The fourth-order valence-corrected chi connectivity index (χ4v) is 2.48. The highest BCUT2D eigenvalue weighted by Gasteiger charge is 2.12. The Bertz CT molecular complexity index is 668. The Kier molecular flexibility index (Phi) is 2.46. The number of ketones is 1. The van der Waals surface area contributed by atoms with E-state index in [0.29, 0.717) is 5.56 Å². The van der Waals surface area contributed by atoms with Gasteiger partial charge >= 0.3 is 0 Å². The van der Waals surface area contributed by atoms with E-state index in [-0.39, 0.29) is 5.78 Å². The number of hydrogen-bond acceptors (Lipinski definition) is 3. The summed E-state index contributed by atoms with van der Waals surface area (Å²) in [7, 11) is 0. The molecular weight excluding hydrogens is 230 g/mol. The molecule has 0 saturated carbocycles. The molecule has 0 aliphatic heterocycles. The van der Waals surface area contributed by atoms with Crippen molar-refractivity contribution < 1.29 is 4.79 Å². The lowest BCUT2D eigenvalue weighted by Gasteiger charge is -2.03. The van der Waals surface area contributed by atoms with Gasteiger partial charge < -0.3 is 0 Å². The Morgan fingerprint density at radius 2 is 2.00 bits per heavy atom. The third-order valence-electron chi connectivity index (χ3n) is 2.70. The van der Waals surface area contributed by atoms with Crippen LogP contribution in [0.2, 0.25) is 0 Å². The van der Waals surface area contributed by atoms with Crippen molar-refractivity contribution in [2.75, 3.05) is 0 Å². The summed E-state index contributed by atoms with van der Waals surface area (Å²) in [6, 6.07) is 9.65. The van der Waals surface area contributed by atoms with Crippen LogP contribution >= 0.6 is 11.3 Å². The summed E-state index contributed by atoms with van der Waals surface area (Å²) in [4.78, 5) is 16.4. The molecule has 0 amide bonds.